The fourth-order valence-corrected chi connectivity index (χ4v) is 2.41. The normalized spacial score (nSPS) is 18.8. The van der Waals surface area contributed by atoms with Gasteiger partial charge in [0.2, 0.25) is 0 Å². The number of hydrogen-bond acceptors (Lipinski definition) is 4. The summed E-state index contributed by atoms with van der Waals surface area (Å²) in [6.07, 6.45) is 0.0622. The summed E-state index contributed by atoms with van der Waals surface area (Å²) in [6, 6.07) is 9.58. The third-order valence-corrected chi connectivity index (χ3v) is 3.50. The first-order valence-corrected chi connectivity index (χ1v) is 7.05. The molecule has 0 spiro atoms. The largest absolute Gasteiger partial charge is 0.375 e. The van der Waals surface area contributed by atoms with Crippen LogP contribution in [0.25, 0.3) is 5.69 Å². The van der Waals surface area contributed by atoms with Gasteiger partial charge in [-0.3, -0.25) is 4.79 Å². The van der Waals surface area contributed by atoms with Crippen molar-refractivity contribution < 1.29 is 9.53 Å². The van der Waals surface area contributed by atoms with Crippen LogP contribution in [-0.2, 0) is 4.74 Å². The van der Waals surface area contributed by atoms with Crippen LogP contribution in [0.2, 0.25) is 0 Å². The van der Waals surface area contributed by atoms with Crippen molar-refractivity contribution in [3.63, 3.8) is 0 Å². The third-order valence-electron chi connectivity index (χ3n) is 3.50. The number of hydrogen-bond donors (Lipinski definition) is 0. The van der Waals surface area contributed by atoms with Gasteiger partial charge in [-0.15, -0.1) is 5.10 Å². The van der Waals surface area contributed by atoms with Crippen LogP contribution in [0.1, 0.15) is 23.1 Å². The van der Waals surface area contributed by atoms with Crippen LogP contribution in [0.15, 0.2) is 30.3 Å². The molecule has 0 radical (unpaired) electrons. The van der Waals surface area contributed by atoms with E-state index in [0.717, 1.165) is 5.69 Å². The van der Waals surface area contributed by atoms with E-state index in [1.807, 2.05) is 44.2 Å². The Bertz CT molecular complexity index is 638. The minimum atomic E-state index is -0.0789. The van der Waals surface area contributed by atoms with Crippen LogP contribution in [-0.4, -0.2) is 51.6 Å². The first-order chi connectivity index (χ1) is 10.1. The maximum Gasteiger partial charge on any atom is 0.276 e. The Labute approximate surface area is 123 Å². The van der Waals surface area contributed by atoms with E-state index in [1.165, 1.54) is 4.80 Å². The van der Waals surface area contributed by atoms with Crippen molar-refractivity contribution in [2.75, 3.05) is 19.7 Å². The van der Waals surface area contributed by atoms with E-state index in [0.29, 0.717) is 31.1 Å². The molecule has 21 heavy (non-hydrogen) atoms. The molecule has 1 aliphatic rings. The minimum Gasteiger partial charge on any atom is -0.375 e. The molecule has 1 saturated heterocycles. The number of aryl methyl sites for hydroxylation is 1. The highest BCUT2D eigenvalue weighted by atomic mass is 16.5. The van der Waals surface area contributed by atoms with Crippen LogP contribution in [0.4, 0.5) is 0 Å². The summed E-state index contributed by atoms with van der Waals surface area (Å²) >= 11 is 0. The number of amides is 1. The first-order valence-electron chi connectivity index (χ1n) is 7.05. The second-order valence-corrected chi connectivity index (χ2v) is 5.19. The van der Waals surface area contributed by atoms with Crippen molar-refractivity contribution in [2.24, 2.45) is 0 Å². The Morgan fingerprint density at radius 1 is 1.29 bits per heavy atom. The summed E-state index contributed by atoms with van der Waals surface area (Å²) in [4.78, 5) is 15.8. The zero-order chi connectivity index (χ0) is 14.8. The van der Waals surface area contributed by atoms with E-state index in [2.05, 4.69) is 10.2 Å². The number of ether oxygens (including phenoxy) is 1. The van der Waals surface area contributed by atoms with Gasteiger partial charge in [0.1, 0.15) is 0 Å². The summed E-state index contributed by atoms with van der Waals surface area (Å²) in [5, 5.41) is 8.70. The van der Waals surface area contributed by atoms with Crippen LogP contribution in [0.5, 0.6) is 0 Å². The van der Waals surface area contributed by atoms with Gasteiger partial charge >= 0.3 is 0 Å². The zero-order valence-electron chi connectivity index (χ0n) is 12.2. The van der Waals surface area contributed by atoms with Crippen molar-refractivity contribution in [2.45, 2.75) is 20.0 Å². The van der Waals surface area contributed by atoms with Crippen LogP contribution < -0.4 is 0 Å². The highest BCUT2D eigenvalue weighted by molar-refractivity contribution is 5.93. The molecule has 1 atom stereocenters. The van der Waals surface area contributed by atoms with Crippen molar-refractivity contribution in [3.05, 3.63) is 41.7 Å². The van der Waals surface area contributed by atoms with E-state index >= 15 is 0 Å². The number of rotatable bonds is 2. The smallest absolute Gasteiger partial charge is 0.276 e. The number of carbonyl (C=O) groups is 1. The van der Waals surface area contributed by atoms with Crippen molar-refractivity contribution in [1.82, 2.24) is 19.9 Å². The molecule has 6 heteroatoms. The predicted octanol–water partition coefficient (Wildman–Crippen LogP) is 1.44. The van der Waals surface area contributed by atoms with Gasteiger partial charge in [0.25, 0.3) is 5.91 Å². The quantitative estimate of drug-likeness (QED) is 0.838. The molecule has 1 aromatic carbocycles. The molecule has 0 N–H and O–H groups in total. The molecule has 0 aliphatic carbocycles. The Morgan fingerprint density at radius 3 is 2.76 bits per heavy atom. The molecule has 3 rings (SSSR count). The zero-order valence-corrected chi connectivity index (χ0v) is 12.2. The maximum atomic E-state index is 12.6. The number of nitrogens with zero attached hydrogens (tertiary/aromatic N) is 4. The lowest BCUT2D eigenvalue weighted by molar-refractivity contribution is -0.0126. The molecule has 1 fully saturated rings. The van der Waals surface area contributed by atoms with E-state index in [-0.39, 0.29) is 12.0 Å². The summed E-state index contributed by atoms with van der Waals surface area (Å²) in [5.41, 5.74) is 1.89. The second-order valence-electron chi connectivity index (χ2n) is 5.19. The SMILES string of the molecule is Cc1nn(-c2ccccc2)nc1C(=O)N1CCO[C@@H](C)C1. The van der Waals surface area contributed by atoms with Crippen molar-refractivity contribution in [1.29, 1.82) is 0 Å². The lowest BCUT2D eigenvalue weighted by atomic mass is 10.2. The number of benzene rings is 1. The average molecular weight is 286 g/mol. The Hall–Kier alpha value is -2.21. The number of para-hydroxylation sites is 1. The highest BCUT2D eigenvalue weighted by Crippen LogP contribution is 2.13. The summed E-state index contributed by atoms with van der Waals surface area (Å²) in [7, 11) is 0. The van der Waals surface area contributed by atoms with Gasteiger partial charge in [-0.2, -0.15) is 9.90 Å². The van der Waals surface area contributed by atoms with Crippen molar-refractivity contribution in [3.8, 4) is 5.69 Å². The average Bonchev–Trinajstić information content (AvgIpc) is 2.89. The number of aromatic nitrogens is 3. The highest BCUT2D eigenvalue weighted by Gasteiger charge is 2.26. The van der Waals surface area contributed by atoms with Gasteiger partial charge in [0.15, 0.2) is 5.69 Å². The minimum absolute atomic E-state index is 0.0622. The standard InChI is InChI=1S/C15H18N4O2/c1-11-10-18(8-9-21-11)15(20)14-12(2)16-19(17-14)13-6-4-3-5-7-13/h3-7,11H,8-10H2,1-2H3/t11-/m0/s1. The van der Waals surface area contributed by atoms with Gasteiger partial charge in [-0.05, 0) is 26.0 Å². The van der Waals surface area contributed by atoms with Crippen LogP contribution in [0, 0.1) is 6.92 Å². The third kappa shape index (κ3) is 2.80. The Kier molecular flexibility index (Phi) is 3.70. The fraction of sp³-hybridized carbons (Fsp3) is 0.400. The van der Waals surface area contributed by atoms with E-state index in [1.54, 1.807) is 4.90 Å². The first kappa shape index (κ1) is 13.8. The molecular formula is C15H18N4O2. The summed E-state index contributed by atoms with van der Waals surface area (Å²) in [6.45, 7) is 5.53. The van der Waals surface area contributed by atoms with Crippen LogP contribution >= 0.6 is 0 Å². The van der Waals surface area contributed by atoms with Crippen LogP contribution in [0.3, 0.4) is 0 Å². The van der Waals surface area contributed by atoms with Crippen molar-refractivity contribution >= 4 is 5.91 Å². The molecule has 2 aromatic rings. The second kappa shape index (κ2) is 5.65. The molecule has 6 nitrogen and oxygen atoms in total. The maximum absolute atomic E-state index is 12.6. The predicted molar refractivity (Wildman–Crippen MR) is 77.4 cm³/mol. The summed E-state index contributed by atoms with van der Waals surface area (Å²) < 4.78 is 5.46. The summed E-state index contributed by atoms with van der Waals surface area (Å²) in [5.74, 6) is -0.0789. The van der Waals surface area contributed by atoms with Gasteiger partial charge < -0.3 is 9.64 Å². The van der Waals surface area contributed by atoms with E-state index in [4.69, 9.17) is 4.74 Å². The topological polar surface area (TPSA) is 60.2 Å². The molecule has 0 saturated carbocycles. The molecule has 2 heterocycles. The van der Waals surface area contributed by atoms with Gasteiger partial charge in [0.05, 0.1) is 24.1 Å². The van der Waals surface area contributed by atoms with E-state index in [9.17, 15) is 4.79 Å². The molecular weight excluding hydrogens is 268 g/mol. The molecule has 1 aromatic heterocycles. The Morgan fingerprint density at radius 2 is 2.05 bits per heavy atom. The molecule has 110 valence electrons. The van der Waals surface area contributed by atoms with Gasteiger partial charge in [-0.1, -0.05) is 18.2 Å². The van der Waals surface area contributed by atoms with Gasteiger partial charge in [0, 0.05) is 13.1 Å². The fourth-order valence-electron chi connectivity index (χ4n) is 2.41. The number of morpholine rings is 1. The Balaban J connectivity index is 1.86. The van der Waals surface area contributed by atoms with Gasteiger partial charge in [-0.25, -0.2) is 0 Å². The monoisotopic (exact) mass is 286 g/mol. The molecule has 0 unspecified atom stereocenters. The van der Waals surface area contributed by atoms with E-state index < -0.39 is 0 Å². The lowest BCUT2D eigenvalue weighted by Gasteiger charge is -2.30. The molecule has 1 aliphatic heterocycles. The number of carbonyl (C=O) groups excluding carboxylic acids is 1. The lowest BCUT2D eigenvalue weighted by Crippen LogP contribution is -2.44. The molecule has 1 amide bonds. The molecule has 0 bridgehead atoms.